The first-order valence-electron chi connectivity index (χ1n) is 7.52. The summed E-state index contributed by atoms with van der Waals surface area (Å²) in [7, 11) is 0. The molecule has 1 amide bonds. The molecule has 2 unspecified atom stereocenters. The van der Waals surface area contributed by atoms with E-state index in [2.05, 4.69) is 10.5 Å². The van der Waals surface area contributed by atoms with Gasteiger partial charge in [0.15, 0.2) is 0 Å². The number of benzene rings is 1. The zero-order valence-electron chi connectivity index (χ0n) is 13.0. The molecule has 6 nitrogen and oxygen atoms in total. The molecule has 2 aromatic rings. The van der Waals surface area contributed by atoms with E-state index in [1.54, 1.807) is 17.9 Å². The van der Waals surface area contributed by atoms with Gasteiger partial charge in [-0.1, -0.05) is 5.16 Å². The molecule has 0 bridgehead atoms. The molecule has 2 heterocycles. The van der Waals surface area contributed by atoms with E-state index in [1.807, 2.05) is 0 Å². The Labute approximate surface area is 137 Å². The van der Waals surface area contributed by atoms with Gasteiger partial charge in [0.1, 0.15) is 11.6 Å². The van der Waals surface area contributed by atoms with E-state index in [1.165, 1.54) is 0 Å². The van der Waals surface area contributed by atoms with Gasteiger partial charge in [0.05, 0.1) is 18.3 Å². The SMILES string of the molecule is Cc1cc(NC(=O)CN2CC(O)CC2c2cc(F)ccc2F)on1. The number of nitrogens with zero attached hydrogens (tertiary/aromatic N) is 2. The van der Waals surface area contributed by atoms with Gasteiger partial charge in [-0.15, -0.1) is 0 Å². The molecule has 1 fully saturated rings. The third-order valence-electron chi connectivity index (χ3n) is 3.94. The number of halogens is 2. The number of nitrogens with one attached hydrogen (secondary N) is 1. The molecule has 0 aliphatic carbocycles. The molecule has 1 aromatic carbocycles. The first-order chi connectivity index (χ1) is 11.4. The lowest BCUT2D eigenvalue weighted by Gasteiger charge is -2.24. The predicted molar refractivity (Wildman–Crippen MR) is 81.2 cm³/mol. The Hall–Kier alpha value is -2.32. The Morgan fingerprint density at radius 2 is 2.25 bits per heavy atom. The molecule has 2 N–H and O–H groups in total. The average Bonchev–Trinajstić information content (AvgIpc) is 3.07. The second-order valence-electron chi connectivity index (χ2n) is 5.88. The lowest BCUT2D eigenvalue weighted by atomic mass is 10.0. The molecule has 3 rings (SSSR count). The van der Waals surface area contributed by atoms with Crippen LogP contribution in [0.5, 0.6) is 0 Å². The molecular formula is C16H17F2N3O3. The Balaban J connectivity index is 1.73. The fourth-order valence-electron chi connectivity index (χ4n) is 2.93. The van der Waals surface area contributed by atoms with Crippen molar-refractivity contribution in [3.63, 3.8) is 0 Å². The maximum Gasteiger partial charge on any atom is 0.240 e. The van der Waals surface area contributed by atoms with Crippen molar-refractivity contribution >= 4 is 11.8 Å². The van der Waals surface area contributed by atoms with Crippen LogP contribution in [0.15, 0.2) is 28.8 Å². The van der Waals surface area contributed by atoms with Crippen LogP contribution in [-0.2, 0) is 4.79 Å². The number of rotatable bonds is 4. The van der Waals surface area contributed by atoms with E-state index in [9.17, 15) is 18.7 Å². The Morgan fingerprint density at radius 1 is 1.46 bits per heavy atom. The number of hydrogen-bond acceptors (Lipinski definition) is 5. The van der Waals surface area contributed by atoms with Gasteiger partial charge in [0, 0.05) is 24.2 Å². The van der Waals surface area contributed by atoms with Crippen LogP contribution in [0.4, 0.5) is 14.7 Å². The summed E-state index contributed by atoms with van der Waals surface area (Å²) >= 11 is 0. The van der Waals surface area contributed by atoms with Crippen LogP contribution >= 0.6 is 0 Å². The maximum absolute atomic E-state index is 14.0. The second-order valence-corrected chi connectivity index (χ2v) is 5.88. The minimum atomic E-state index is -0.710. The third-order valence-corrected chi connectivity index (χ3v) is 3.94. The largest absolute Gasteiger partial charge is 0.392 e. The minimum Gasteiger partial charge on any atom is -0.392 e. The first kappa shape index (κ1) is 16.5. The molecule has 8 heteroatoms. The van der Waals surface area contributed by atoms with Gasteiger partial charge in [-0.05, 0) is 31.5 Å². The number of hydrogen-bond donors (Lipinski definition) is 2. The predicted octanol–water partition coefficient (Wildman–Crippen LogP) is 2.01. The second kappa shape index (κ2) is 6.66. The van der Waals surface area contributed by atoms with Gasteiger partial charge in [-0.3, -0.25) is 15.0 Å². The van der Waals surface area contributed by atoms with Gasteiger partial charge in [-0.25, -0.2) is 8.78 Å². The fourth-order valence-corrected chi connectivity index (χ4v) is 2.93. The van der Waals surface area contributed by atoms with Crippen LogP contribution in [0.3, 0.4) is 0 Å². The van der Waals surface area contributed by atoms with Crippen LogP contribution in [0.25, 0.3) is 0 Å². The third kappa shape index (κ3) is 3.60. The number of carbonyl (C=O) groups is 1. The van der Waals surface area contributed by atoms with E-state index >= 15 is 0 Å². The molecule has 128 valence electrons. The maximum atomic E-state index is 14.0. The number of likely N-dealkylation sites (tertiary alicyclic amines) is 1. The van der Waals surface area contributed by atoms with Crippen molar-refractivity contribution in [2.75, 3.05) is 18.4 Å². The molecular weight excluding hydrogens is 320 g/mol. The zero-order chi connectivity index (χ0) is 17.3. The molecule has 24 heavy (non-hydrogen) atoms. The summed E-state index contributed by atoms with van der Waals surface area (Å²) < 4.78 is 32.3. The summed E-state index contributed by atoms with van der Waals surface area (Å²) in [6, 6.07) is 4.18. The van der Waals surface area contributed by atoms with Crippen molar-refractivity contribution < 1.29 is 23.2 Å². The number of aromatic nitrogens is 1. The smallest absolute Gasteiger partial charge is 0.240 e. The number of aryl methyl sites for hydroxylation is 1. The van der Waals surface area contributed by atoms with Crippen molar-refractivity contribution in [2.24, 2.45) is 0 Å². The quantitative estimate of drug-likeness (QED) is 0.892. The van der Waals surface area contributed by atoms with Crippen molar-refractivity contribution in [1.82, 2.24) is 10.1 Å². The first-order valence-corrected chi connectivity index (χ1v) is 7.52. The van der Waals surface area contributed by atoms with Crippen molar-refractivity contribution in [2.45, 2.75) is 25.5 Å². The summed E-state index contributed by atoms with van der Waals surface area (Å²) in [6.45, 7) is 1.83. The number of aliphatic hydroxyl groups excluding tert-OH is 1. The lowest BCUT2D eigenvalue weighted by Crippen LogP contribution is -2.34. The summed E-state index contributed by atoms with van der Waals surface area (Å²) in [4.78, 5) is 13.7. The molecule has 0 radical (unpaired) electrons. The topological polar surface area (TPSA) is 78.6 Å². The van der Waals surface area contributed by atoms with Gasteiger partial charge in [0.25, 0.3) is 0 Å². The Morgan fingerprint density at radius 3 is 2.96 bits per heavy atom. The van der Waals surface area contributed by atoms with Crippen LogP contribution < -0.4 is 5.32 Å². The van der Waals surface area contributed by atoms with E-state index in [0.29, 0.717) is 5.69 Å². The summed E-state index contributed by atoms with van der Waals surface area (Å²) in [5, 5.41) is 16.1. The highest BCUT2D eigenvalue weighted by Gasteiger charge is 2.35. The highest BCUT2D eigenvalue weighted by atomic mass is 19.1. The van der Waals surface area contributed by atoms with Crippen LogP contribution in [-0.4, -0.2) is 40.3 Å². The molecule has 0 saturated carbocycles. The summed E-state index contributed by atoms with van der Waals surface area (Å²) in [6.07, 6.45) is -0.479. The van der Waals surface area contributed by atoms with E-state index < -0.39 is 23.8 Å². The zero-order valence-corrected chi connectivity index (χ0v) is 13.0. The van der Waals surface area contributed by atoms with Crippen molar-refractivity contribution in [1.29, 1.82) is 0 Å². The summed E-state index contributed by atoms with van der Waals surface area (Å²) in [5.41, 5.74) is 0.761. The van der Waals surface area contributed by atoms with Crippen LogP contribution in [0, 0.1) is 18.6 Å². The number of amides is 1. The van der Waals surface area contributed by atoms with Crippen molar-refractivity contribution in [3.8, 4) is 0 Å². The Kier molecular flexibility index (Phi) is 4.59. The molecule has 2 atom stereocenters. The van der Waals surface area contributed by atoms with Gasteiger partial charge < -0.3 is 9.63 Å². The van der Waals surface area contributed by atoms with Gasteiger partial charge in [0.2, 0.25) is 11.8 Å². The standard InChI is InChI=1S/C16H17F2N3O3/c1-9-4-16(24-20-9)19-15(23)8-21-7-11(22)6-14(21)12-5-10(17)2-3-13(12)18/h2-5,11,14,22H,6-8H2,1H3,(H,19,23). The van der Waals surface area contributed by atoms with Crippen LogP contribution in [0.2, 0.25) is 0 Å². The van der Waals surface area contributed by atoms with Crippen LogP contribution in [0.1, 0.15) is 23.7 Å². The lowest BCUT2D eigenvalue weighted by molar-refractivity contribution is -0.117. The molecule has 0 spiro atoms. The van der Waals surface area contributed by atoms with E-state index in [-0.39, 0.29) is 36.9 Å². The molecule has 1 aliphatic heterocycles. The molecule has 1 aliphatic rings. The number of anilines is 1. The molecule has 1 aromatic heterocycles. The molecule has 1 saturated heterocycles. The highest BCUT2D eigenvalue weighted by molar-refractivity contribution is 5.91. The monoisotopic (exact) mass is 337 g/mol. The van der Waals surface area contributed by atoms with Gasteiger partial charge >= 0.3 is 0 Å². The number of β-amino-alcohol motifs (C(OH)–C–C–N with tert-alkyl or cyclic N) is 1. The minimum absolute atomic E-state index is 0.0859. The highest BCUT2D eigenvalue weighted by Crippen LogP contribution is 2.33. The van der Waals surface area contributed by atoms with Gasteiger partial charge in [-0.2, -0.15) is 0 Å². The van der Waals surface area contributed by atoms with Crippen molar-refractivity contribution in [3.05, 3.63) is 47.2 Å². The summed E-state index contributed by atoms with van der Waals surface area (Å²) in [5.74, 6) is -1.30. The Bertz CT molecular complexity index is 750. The van der Waals surface area contributed by atoms with E-state index in [0.717, 1.165) is 18.2 Å². The normalized spacial score (nSPS) is 21.2. The number of aliphatic hydroxyl groups is 1. The average molecular weight is 337 g/mol. The van der Waals surface area contributed by atoms with E-state index in [4.69, 9.17) is 4.52 Å². The fraction of sp³-hybridized carbons (Fsp3) is 0.375. The number of carbonyl (C=O) groups excluding carboxylic acids is 1.